The number of hydrogen-bond acceptors (Lipinski definition) is 4. The second kappa shape index (κ2) is 7.23. The quantitative estimate of drug-likeness (QED) is 0.859. The van der Waals surface area contributed by atoms with Gasteiger partial charge in [-0.3, -0.25) is 14.5 Å². The Bertz CT molecular complexity index is 857. The van der Waals surface area contributed by atoms with Crippen molar-refractivity contribution in [1.29, 1.82) is 0 Å². The third kappa shape index (κ3) is 4.36. The van der Waals surface area contributed by atoms with Gasteiger partial charge in [-0.05, 0) is 38.0 Å². The molecule has 0 unspecified atom stereocenters. The third-order valence-electron chi connectivity index (χ3n) is 4.27. The Labute approximate surface area is 147 Å². The average Bonchev–Trinajstić information content (AvgIpc) is 3.08. The molecule has 3 rings (SSSR count). The van der Waals surface area contributed by atoms with Crippen LogP contribution in [0.3, 0.4) is 0 Å². The summed E-state index contributed by atoms with van der Waals surface area (Å²) in [6.07, 6.45) is 7.04. The normalized spacial score (nSPS) is 15.1. The number of nitrogens with zero attached hydrogens (tertiary/aromatic N) is 1. The maximum atomic E-state index is 12.4. The summed E-state index contributed by atoms with van der Waals surface area (Å²) in [5.41, 5.74) is 1.59. The highest BCUT2D eigenvalue weighted by molar-refractivity contribution is 7.92. The number of anilines is 1. The predicted octanol–water partition coefficient (Wildman–Crippen LogP) is 2.86. The summed E-state index contributed by atoms with van der Waals surface area (Å²) in [4.78, 5) is 16.4. The molecule has 0 atom stereocenters. The van der Waals surface area contributed by atoms with Crippen LogP contribution in [0, 0.1) is 6.92 Å². The summed E-state index contributed by atoms with van der Waals surface area (Å²) >= 11 is 0. The van der Waals surface area contributed by atoms with Crippen LogP contribution in [0.15, 0.2) is 47.6 Å². The lowest BCUT2D eigenvalue weighted by Crippen LogP contribution is -2.32. The van der Waals surface area contributed by atoms with Crippen LogP contribution in [-0.4, -0.2) is 25.4 Å². The minimum atomic E-state index is -3.72. The molecule has 1 saturated carbocycles. The fraction of sp³-hybridized carbons (Fsp3) is 0.333. The molecule has 1 aliphatic carbocycles. The number of nitrogens with one attached hydrogen (secondary N) is 2. The molecule has 2 N–H and O–H groups in total. The van der Waals surface area contributed by atoms with E-state index < -0.39 is 10.0 Å². The molecular formula is C18H21N3O3S. The standard InChI is InChI=1S/C18H21N3O3S/c1-13-6-8-17(9-7-13)25(23,24)21-16-10-14(11-19-12-16)18(22)20-15-4-2-3-5-15/h6-12,15,21H,2-5H2,1H3,(H,20,22). The van der Waals surface area contributed by atoms with Gasteiger partial charge in [0.25, 0.3) is 15.9 Å². The molecule has 25 heavy (non-hydrogen) atoms. The van der Waals surface area contributed by atoms with Crippen LogP contribution in [0.2, 0.25) is 0 Å². The van der Waals surface area contributed by atoms with Crippen LogP contribution < -0.4 is 10.0 Å². The smallest absolute Gasteiger partial charge is 0.261 e. The van der Waals surface area contributed by atoms with E-state index >= 15 is 0 Å². The van der Waals surface area contributed by atoms with Gasteiger partial charge in [0, 0.05) is 12.2 Å². The number of aryl methyl sites for hydroxylation is 1. The predicted molar refractivity (Wildman–Crippen MR) is 95.9 cm³/mol. The van der Waals surface area contributed by atoms with E-state index in [9.17, 15) is 13.2 Å². The van der Waals surface area contributed by atoms with Gasteiger partial charge in [0.2, 0.25) is 0 Å². The van der Waals surface area contributed by atoms with Gasteiger partial charge in [0.15, 0.2) is 0 Å². The Morgan fingerprint density at radius 1 is 1.12 bits per heavy atom. The number of pyridine rings is 1. The fourth-order valence-electron chi connectivity index (χ4n) is 2.89. The number of carbonyl (C=O) groups is 1. The molecule has 1 aromatic heterocycles. The zero-order chi connectivity index (χ0) is 17.9. The molecule has 1 aliphatic rings. The Kier molecular flexibility index (Phi) is 5.03. The second-order valence-corrected chi connectivity index (χ2v) is 8.02. The fourth-order valence-corrected chi connectivity index (χ4v) is 3.92. The molecule has 2 aromatic rings. The highest BCUT2D eigenvalue weighted by Gasteiger charge is 2.19. The highest BCUT2D eigenvalue weighted by atomic mass is 32.2. The topological polar surface area (TPSA) is 88.2 Å². The molecule has 132 valence electrons. The van der Waals surface area contributed by atoms with Crippen LogP contribution in [0.25, 0.3) is 0 Å². The maximum Gasteiger partial charge on any atom is 0.261 e. The van der Waals surface area contributed by atoms with Gasteiger partial charge in [0.05, 0.1) is 22.3 Å². The van der Waals surface area contributed by atoms with Gasteiger partial charge >= 0.3 is 0 Å². The Morgan fingerprint density at radius 2 is 1.80 bits per heavy atom. The van der Waals surface area contributed by atoms with Crippen molar-refractivity contribution in [1.82, 2.24) is 10.3 Å². The Balaban J connectivity index is 1.74. The van der Waals surface area contributed by atoms with Crippen LogP contribution in [-0.2, 0) is 10.0 Å². The Hall–Kier alpha value is -2.41. The molecule has 6 nitrogen and oxygen atoms in total. The van der Waals surface area contributed by atoms with E-state index in [0.717, 1.165) is 31.2 Å². The SMILES string of the molecule is Cc1ccc(S(=O)(=O)Nc2cncc(C(=O)NC3CCCC3)c2)cc1. The van der Waals surface area contributed by atoms with E-state index in [1.54, 1.807) is 24.3 Å². The summed E-state index contributed by atoms with van der Waals surface area (Å²) in [5.74, 6) is -0.226. The van der Waals surface area contributed by atoms with Crippen LogP contribution >= 0.6 is 0 Å². The van der Waals surface area contributed by atoms with E-state index in [4.69, 9.17) is 0 Å². The molecule has 0 bridgehead atoms. The van der Waals surface area contributed by atoms with Crippen molar-refractivity contribution in [3.63, 3.8) is 0 Å². The lowest BCUT2D eigenvalue weighted by atomic mass is 10.2. The van der Waals surface area contributed by atoms with E-state index in [1.165, 1.54) is 18.5 Å². The van der Waals surface area contributed by atoms with Crippen LogP contribution in [0.5, 0.6) is 0 Å². The van der Waals surface area contributed by atoms with Crippen molar-refractivity contribution in [2.75, 3.05) is 4.72 Å². The molecule has 1 heterocycles. The van der Waals surface area contributed by atoms with Crippen molar-refractivity contribution in [3.05, 3.63) is 53.9 Å². The van der Waals surface area contributed by atoms with E-state index in [2.05, 4.69) is 15.0 Å². The molecular weight excluding hydrogens is 338 g/mol. The minimum Gasteiger partial charge on any atom is -0.349 e. The van der Waals surface area contributed by atoms with Gasteiger partial charge in [-0.2, -0.15) is 0 Å². The molecule has 1 aromatic carbocycles. The van der Waals surface area contributed by atoms with Gasteiger partial charge in [-0.15, -0.1) is 0 Å². The second-order valence-electron chi connectivity index (χ2n) is 6.34. The maximum absolute atomic E-state index is 12.4. The summed E-state index contributed by atoms with van der Waals surface area (Å²) in [5, 5.41) is 2.97. The number of aromatic nitrogens is 1. The number of sulfonamides is 1. The first-order valence-electron chi connectivity index (χ1n) is 8.29. The van der Waals surface area contributed by atoms with Gasteiger partial charge in [-0.1, -0.05) is 30.5 Å². The lowest BCUT2D eigenvalue weighted by Gasteiger charge is -2.13. The van der Waals surface area contributed by atoms with E-state index in [-0.39, 0.29) is 22.5 Å². The van der Waals surface area contributed by atoms with Gasteiger partial charge in [0.1, 0.15) is 0 Å². The first kappa shape index (κ1) is 17.4. The summed E-state index contributed by atoms with van der Waals surface area (Å²) in [6, 6.07) is 8.25. The highest BCUT2D eigenvalue weighted by Crippen LogP contribution is 2.19. The van der Waals surface area contributed by atoms with Crippen molar-refractivity contribution in [2.45, 2.75) is 43.5 Å². The summed E-state index contributed by atoms with van der Waals surface area (Å²) in [7, 11) is -3.72. The first-order chi connectivity index (χ1) is 11.9. The van der Waals surface area contributed by atoms with E-state index in [0.29, 0.717) is 5.56 Å². The summed E-state index contributed by atoms with van der Waals surface area (Å²) in [6.45, 7) is 1.89. The molecule has 1 amide bonds. The number of hydrogen-bond donors (Lipinski definition) is 2. The Morgan fingerprint density at radius 3 is 2.48 bits per heavy atom. The van der Waals surface area contributed by atoms with Crippen LogP contribution in [0.4, 0.5) is 5.69 Å². The minimum absolute atomic E-state index is 0.166. The van der Waals surface area contributed by atoms with E-state index in [1.807, 2.05) is 6.92 Å². The number of benzene rings is 1. The third-order valence-corrected chi connectivity index (χ3v) is 5.67. The number of rotatable bonds is 5. The van der Waals surface area contributed by atoms with Gasteiger partial charge < -0.3 is 5.32 Å². The largest absolute Gasteiger partial charge is 0.349 e. The monoisotopic (exact) mass is 359 g/mol. The van der Waals surface area contributed by atoms with Crippen molar-refractivity contribution >= 4 is 21.6 Å². The van der Waals surface area contributed by atoms with Crippen molar-refractivity contribution in [3.8, 4) is 0 Å². The number of carbonyl (C=O) groups excluding carboxylic acids is 1. The molecule has 0 spiro atoms. The zero-order valence-corrected chi connectivity index (χ0v) is 14.8. The molecule has 1 fully saturated rings. The average molecular weight is 359 g/mol. The molecule has 7 heteroatoms. The zero-order valence-electron chi connectivity index (χ0n) is 14.0. The van der Waals surface area contributed by atoms with Crippen LogP contribution in [0.1, 0.15) is 41.6 Å². The molecule has 0 saturated heterocycles. The molecule has 0 aliphatic heterocycles. The van der Waals surface area contributed by atoms with Crippen molar-refractivity contribution in [2.24, 2.45) is 0 Å². The van der Waals surface area contributed by atoms with Gasteiger partial charge in [-0.25, -0.2) is 8.42 Å². The first-order valence-corrected chi connectivity index (χ1v) is 9.78. The molecule has 0 radical (unpaired) electrons. The lowest BCUT2D eigenvalue weighted by molar-refractivity contribution is 0.0937. The summed E-state index contributed by atoms with van der Waals surface area (Å²) < 4.78 is 27.3. The van der Waals surface area contributed by atoms with Crippen molar-refractivity contribution < 1.29 is 13.2 Å². The number of amides is 1.